The number of carboxylic acids is 1. The lowest BCUT2D eigenvalue weighted by molar-refractivity contribution is -0.145. The van der Waals surface area contributed by atoms with Gasteiger partial charge in [-0.05, 0) is 100 Å². The first-order chi connectivity index (χ1) is 23.4. The van der Waals surface area contributed by atoms with Crippen LogP contribution >= 0.6 is 0 Å². The average Bonchev–Trinajstić information content (AvgIpc) is 3.70. The molecule has 3 atom stereocenters. The van der Waals surface area contributed by atoms with Crippen molar-refractivity contribution in [2.75, 3.05) is 39.3 Å². The summed E-state index contributed by atoms with van der Waals surface area (Å²) in [5, 5.41) is 15.5. The molecular formula is C41H58N4O3. The fourth-order valence-corrected chi connectivity index (χ4v) is 8.85. The molecule has 1 aromatic heterocycles. The zero-order valence-corrected chi connectivity index (χ0v) is 29.7. The summed E-state index contributed by atoms with van der Waals surface area (Å²) in [5.74, 6) is 1.93. The summed E-state index contributed by atoms with van der Waals surface area (Å²) in [4.78, 5) is 17.7. The number of unbranched alkanes of at least 4 members (excludes halogenated alkanes) is 1. The van der Waals surface area contributed by atoms with Crippen LogP contribution in [0.25, 0.3) is 0 Å². The Kier molecular flexibility index (Phi) is 11.9. The Morgan fingerprint density at radius 3 is 2.44 bits per heavy atom. The Bertz CT molecular complexity index is 1450. The lowest BCUT2D eigenvalue weighted by Crippen LogP contribution is -2.46. The fraction of sp³-hybridized carbons (Fsp3) is 0.610. The third-order valence-electron chi connectivity index (χ3n) is 11.4. The number of hydrogen-bond donors (Lipinski definition) is 1. The number of nitrogens with zero attached hydrogens (tertiary/aromatic N) is 4. The van der Waals surface area contributed by atoms with Crippen LogP contribution in [0.5, 0.6) is 5.75 Å². The van der Waals surface area contributed by atoms with Crippen molar-refractivity contribution in [3.63, 3.8) is 0 Å². The Morgan fingerprint density at radius 2 is 1.75 bits per heavy atom. The molecule has 7 heteroatoms. The number of aliphatic carboxylic acids is 1. The topological polar surface area (TPSA) is 70.8 Å². The molecule has 3 heterocycles. The number of benzene rings is 2. The zero-order valence-electron chi connectivity index (χ0n) is 29.7. The molecule has 1 N–H and O–H groups in total. The van der Waals surface area contributed by atoms with Gasteiger partial charge in [-0.2, -0.15) is 5.10 Å². The molecule has 3 aromatic rings. The molecule has 6 rings (SSSR count). The van der Waals surface area contributed by atoms with Gasteiger partial charge in [0.25, 0.3) is 0 Å². The summed E-state index contributed by atoms with van der Waals surface area (Å²) in [6.07, 6.45) is 11.0. The van der Waals surface area contributed by atoms with E-state index in [4.69, 9.17) is 9.84 Å². The van der Waals surface area contributed by atoms with Crippen molar-refractivity contribution in [1.82, 2.24) is 19.6 Å². The van der Waals surface area contributed by atoms with Crippen molar-refractivity contribution in [1.29, 1.82) is 0 Å². The molecule has 0 bridgehead atoms. The summed E-state index contributed by atoms with van der Waals surface area (Å²) >= 11 is 0. The number of hydrogen-bond acceptors (Lipinski definition) is 5. The van der Waals surface area contributed by atoms with Gasteiger partial charge in [0.05, 0.1) is 12.3 Å². The Balaban J connectivity index is 1.09. The predicted molar refractivity (Wildman–Crippen MR) is 193 cm³/mol. The quantitative estimate of drug-likeness (QED) is 0.178. The highest BCUT2D eigenvalue weighted by Gasteiger charge is 2.43. The first kappa shape index (κ1) is 34.7. The first-order valence-corrected chi connectivity index (χ1v) is 19.0. The molecule has 2 aromatic carbocycles. The average molecular weight is 655 g/mol. The van der Waals surface area contributed by atoms with Crippen molar-refractivity contribution in [3.8, 4) is 5.75 Å². The number of piperidine rings is 1. The molecule has 0 radical (unpaired) electrons. The highest BCUT2D eigenvalue weighted by Crippen LogP contribution is 2.39. The molecule has 2 saturated heterocycles. The van der Waals surface area contributed by atoms with Crippen molar-refractivity contribution in [2.45, 2.75) is 109 Å². The van der Waals surface area contributed by atoms with Crippen LogP contribution in [0.3, 0.4) is 0 Å². The second-order valence-electron chi connectivity index (χ2n) is 14.9. The zero-order chi connectivity index (χ0) is 33.5. The monoisotopic (exact) mass is 654 g/mol. The SMILES string of the molecule is CCCCOc1ccc(Cc2cc(C3CCN(C[C@H]4CN([C@@H](C(=O)O)C5CCCCC5)C[C@@H]4c4cccc(C)c4)CC3)n(CC)n2)cc1. The molecule has 260 valence electrons. The normalized spacial score (nSPS) is 22.2. The van der Waals surface area contributed by atoms with Crippen LogP contribution < -0.4 is 4.74 Å². The van der Waals surface area contributed by atoms with Crippen LogP contribution in [0.1, 0.15) is 112 Å². The number of aryl methyl sites for hydroxylation is 2. The van der Waals surface area contributed by atoms with E-state index in [1.165, 1.54) is 41.6 Å². The first-order valence-electron chi connectivity index (χ1n) is 19.0. The van der Waals surface area contributed by atoms with Crippen LogP contribution in [0.4, 0.5) is 0 Å². The van der Waals surface area contributed by atoms with Gasteiger partial charge < -0.3 is 14.7 Å². The van der Waals surface area contributed by atoms with E-state index >= 15 is 0 Å². The van der Waals surface area contributed by atoms with Gasteiger partial charge in [0.15, 0.2) is 0 Å². The van der Waals surface area contributed by atoms with Crippen LogP contribution in [0, 0.1) is 18.8 Å². The number of aromatic nitrogens is 2. The lowest BCUT2D eigenvalue weighted by atomic mass is 9.83. The number of ether oxygens (including phenoxy) is 1. The van der Waals surface area contributed by atoms with Crippen LogP contribution in [0.2, 0.25) is 0 Å². The molecule has 3 aliphatic rings. The predicted octanol–water partition coefficient (Wildman–Crippen LogP) is 7.91. The minimum Gasteiger partial charge on any atom is -0.494 e. The number of rotatable bonds is 14. The summed E-state index contributed by atoms with van der Waals surface area (Å²) in [6.45, 7) is 13.1. The Hall–Kier alpha value is -3.16. The van der Waals surface area contributed by atoms with Gasteiger partial charge in [-0.25, -0.2) is 0 Å². The van der Waals surface area contributed by atoms with Crippen LogP contribution in [0.15, 0.2) is 54.6 Å². The maximum absolute atomic E-state index is 12.7. The second-order valence-corrected chi connectivity index (χ2v) is 14.9. The maximum atomic E-state index is 12.7. The van der Waals surface area contributed by atoms with Gasteiger partial charge in [0.1, 0.15) is 11.8 Å². The molecule has 1 saturated carbocycles. The standard InChI is InChI=1S/C41H58N4O3/c1-4-6-23-48-37-17-15-31(16-18-37)25-36-26-39(45(5-2)42-36)32-19-21-43(22-20-32)27-35-28-44(29-38(35)34-14-10-11-30(3)24-34)40(41(46)47)33-12-8-7-9-13-33/h10-11,14-18,24,26,32-33,35,38,40H,4-9,12-13,19-23,25,27-29H2,1-3H3,(H,46,47)/t35-,38+,40+/m0/s1. The second kappa shape index (κ2) is 16.5. The van der Waals surface area contributed by atoms with Crippen molar-refractivity contribution in [3.05, 3.63) is 82.7 Å². The van der Waals surface area contributed by atoms with Crippen molar-refractivity contribution < 1.29 is 14.6 Å². The van der Waals surface area contributed by atoms with Gasteiger partial charge >= 0.3 is 5.97 Å². The Morgan fingerprint density at radius 1 is 0.979 bits per heavy atom. The molecule has 48 heavy (non-hydrogen) atoms. The molecule has 0 amide bonds. The Labute approximate surface area is 288 Å². The smallest absolute Gasteiger partial charge is 0.321 e. The van der Waals surface area contributed by atoms with E-state index in [2.05, 4.69) is 89.9 Å². The van der Waals surface area contributed by atoms with Crippen molar-refractivity contribution >= 4 is 5.97 Å². The summed E-state index contributed by atoms with van der Waals surface area (Å²) in [7, 11) is 0. The summed E-state index contributed by atoms with van der Waals surface area (Å²) in [6, 6.07) is 19.5. The van der Waals surface area contributed by atoms with Gasteiger partial charge in [-0.15, -0.1) is 0 Å². The molecule has 1 aliphatic carbocycles. The largest absolute Gasteiger partial charge is 0.494 e. The summed E-state index contributed by atoms with van der Waals surface area (Å²) in [5.41, 5.74) is 6.46. The van der Waals surface area contributed by atoms with Gasteiger partial charge in [0, 0.05) is 50.1 Å². The number of likely N-dealkylation sites (tertiary alicyclic amines) is 2. The van der Waals surface area contributed by atoms with E-state index in [0.29, 0.717) is 17.8 Å². The summed E-state index contributed by atoms with van der Waals surface area (Å²) < 4.78 is 8.09. The van der Waals surface area contributed by atoms with E-state index in [1.54, 1.807) is 0 Å². The van der Waals surface area contributed by atoms with Crippen LogP contribution in [-0.2, 0) is 17.8 Å². The van der Waals surface area contributed by atoms with Gasteiger partial charge in [-0.3, -0.25) is 14.4 Å². The number of carboxylic acid groups (broad SMARTS) is 1. The fourth-order valence-electron chi connectivity index (χ4n) is 8.85. The van der Waals surface area contributed by atoms with Gasteiger partial charge in [-0.1, -0.05) is 74.6 Å². The maximum Gasteiger partial charge on any atom is 0.321 e. The molecule has 7 nitrogen and oxygen atoms in total. The highest BCUT2D eigenvalue weighted by molar-refractivity contribution is 5.74. The van der Waals surface area contributed by atoms with Crippen LogP contribution in [-0.4, -0.2) is 76.0 Å². The van der Waals surface area contributed by atoms with E-state index in [1.807, 2.05) is 0 Å². The van der Waals surface area contributed by atoms with E-state index in [9.17, 15) is 9.90 Å². The third kappa shape index (κ3) is 8.52. The van der Waals surface area contributed by atoms with Crippen molar-refractivity contribution in [2.24, 2.45) is 11.8 Å². The third-order valence-corrected chi connectivity index (χ3v) is 11.4. The molecule has 2 aliphatic heterocycles. The molecule has 0 unspecified atom stereocenters. The molecule has 3 fully saturated rings. The van der Waals surface area contributed by atoms with Gasteiger partial charge in [0.2, 0.25) is 0 Å². The van der Waals surface area contributed by atoms with E-state index in [-0.39, 0.29) is 12.0 Å². The lowest BCUT2D eigenvalue weighted by Gasteiger charge is -2.35. The number of carbonyl (C=O) groups is 1. The molecular weight excluding hydrogens is 596 g/mol. The highest BCUT2D eigenvalue weighted by atomic mass is 16.5. The minimum atomic E-state index is -0.619. The van der Waals surface area contributed by atoms with E-state index in [0.717, 1.165) is 102 Å². The minimum absolute atomic E-state index is 0.279. The van der Waals surface area contributed by atoms with E-state index < -0.39 is 5.97 Å². The molecule has 0 spiro atoms.